The molecule has 2 radical (unpaired) electrons. The van der Waals surface area contributed by atoms with Gasteiger partial charge in [-0.1, -0.05) is 39.4 Å². The molecule has 1 fully saturated rings. The second kappa shape index (κ2) is 4.18. The minimum Gasteiger partial charge on any atom is -0.0859 e. The Bertz CT molecular complexity index is 109. The van der Waals surface area contributed by atoms with Crippen LogP contribution >= 0.6 is 0 Å². The van der Waals surface area contributed by atoms with E-state index in [-0.39, 0.29) is 0 Å². The summed E-state index contributed by atoms with van der Waals surface area (Å²) < 4.78 is 0. The van der Waals surface area contributed by atoms with Crippen molar-refractivity contribution in [3.63, 3.8) is 0 Å². The van der Waals surface area contributed by atoms with Crippen molar-refractivity contribution in [1.29, 1.82) is 0 Å². The highest BCUT2D eigenvalue weighted by atomic mass is 14.3. The molecule has 0 aliphatic heterocycles. The highest BCUT2D eigenvalue weighted by molar-refractivity contribution is 6.08. The molecule has 1 rings (SSSR count). The maximum Gasteiger partial charge on any atom is 0.0656 e. The molecule has 1 heteroatoms. The smallest absolute Gasteiger partial charge is 0.0656 e. The third kappa shape index (κ3) is 2.54. The van der Waals surface area contributed by atoms with Crippen LogP contribution in [0.1, 0.15) is 39.5 Å². The first-order valence-electron chi connectivity index (χ1n) is 4.94. The highest BCUT2D eigenvalue weighted by Crippen LogP contribution is 2.34. The minimum atomic E-state index is 0.830. The van der Waals surface area contributed by atoms with Gasteiger partial charge in [-0.05, 0) is 24.2 Å². The van der Waals surface area contributed by atoms with Gasteiger partial charge in [0.05, 0.1) is 7.85 Å². The predicted octanol–water partition coefficient (Wildman–Crippen LogP) is 3.04. The van der Waals surface area contributed by atoms with Gasteiger partial charge in [-0.25, -0.2) is 0 Å². The van der Waals surface area contributed by atoms with Gasteiger partial charge in [0.2, 0.25) is 0 Å². The van der Waals surface area contributed by atoms with Crippen molar-refractivity contribution in [2.24, 2.45) is 17.8 Å². The Morgan fingerprint density at radius 3 is 2.64 bits per heavy atom. The number of hydrogen-bond acceptors (Lipinski definition) is 0. The lowest BCUT2D eigenvalue weighted by molar-refractivity contribution is 0.226. The molecule has 62 valence electrons. The van der Waals surface area contributed by atoms with Crippen molar-refractivity contribution in [3.8, 4) is 0 Å². The van der Waals surface area contributed by atoms with Gasteiger partial charge >= 0.3 is 0 Å². The van der Waals surface area contributed by atoms with Crippen LogP contribution < -0.4 is 0 Å². The molecule has 1 aliphatic carbocycles. The molecule has 11 heavy (non-hydrogen) atoms. The zero-order chi connectivity index (χ0) is 8.27. The molecule has 2 unspecified atom stereocenters. The van der Waals surface area contributed by atoms with E-state index in [2.05, 4.69) is 13.8 Å². The van der Waals surface area contributed by atoms with Crippen molar-refractivity contribution >= 4 is 7.85 Å². The molecule has 2 atom stereocenters. The summed E-state index contributed by atoms with van der Waals surface area (Å²) in [5.74, 6) is 2.65. The van der Waals surface area contributed by atoms with Crippen LogP contribution in [0.3, 0.4) is 0 Å². The molecule has 0 heterocycles. The third-order valence-corrected chi connectivity index (χ3v) is 3.10. The Kier molecular flexibility index (Phi) is 3.48. The normalized spacial score (nSPS) is 32.6. The Hall–Kier alpha value is 0.0649. The van der Waals surface area contributed by atoms with Gasteiger partial charge in [0.15, 0.2) is 0 Å². The van der Waals surface area contributed by atoms with Crippen molar-refractivity contribution in [2.75, 3.05) is 0 Å². The standard InChI is InChI=1S/C10H19B/c1-8(2)10-5-3-4-9(6-10)7-11/h8-10H,3-7H2,1-2H3. The molecular weight excluding hydrogens is 131 g/mol. The summed E-state index contributed by atoms with van der Waals surface area (Å²) in [7, 11) is 5.67. The van der Waals surface area contributed by atoms with E-state index in [1.165, 1.54) is 25.7 Å². The molecule has 1 saturated carbocycles. The summed E-state index contributed by atoms with van der Waals surface area (Å²) in [6.45, 7) is 4.67. The average Bonchev–Trinajstić information content (AvgIpc) is 2.05. The van der Waals surface area contributed by atoms with Crippen LogP contribution in [0, 0.1) is 17.8 Å². The SMILES string of the molecule is [B]CC1CCCC(C(C)C)C1. The average molecular weight is 150 g/mol. The summed E-state index contributed by atoms with van der Waals surface area (Å²) in [6, 6.07) is 0. The van der Waals surface area contributed by atoms with E-state index in [0.29, 0.717) is 0 Å². The van der Waals surface area contributed by atoms with Crippen LogP contribution in [0.15, 0.2) is 0 Å². The van der Waals surface area contributed by atoms with E-state index in [4.69, 9.17) is 7.85 Å². The van der Waals surface area contributed by atoms with Crippen LogP contribution in [0.4, 0.5) is 0 Å². The fourth-order valence-corrected chi connectivity index (χ4v) is 2.15. The summed E-state index contributed by atoms with van der Waals surface area (Å²) in [4.78, 5) is 0. The van der Waals surface area contributed by atoms with E-state index in [0.717, 1.165) is 24.1 Å². The van der Waals surface area contributed by atoms with Gasteiger partial charge in [-0.15, -0.1) is 0 Å². The van der Waals surface area contributed by atoms with Crippen molar-refractivity contribution in [3.05, 3.63) is 0 Å². The molecule has 0 bridgehead atoms. The molecule has 0 N–H and O–H groups in total. The Balaban J connectivity index is 2.33. The molecule has 0 amide bonds. The van der Waals surface area contributed by atoms with Crippen LogP contribution in [0.25, 0.3) is 0 Å². The molecule has 0 spiro atoms. The minimum absolute atomic E-state index is 0.830. The molecule has 0 saturated heterocycles. The maximum absolute atomic E-state index is 5.67. The molecular formula is C10H19B. The van der Waals surface area contributed by atoms with Crippen molar-refractivity contribution in [2.45, 2.75) is 45.9 Å². The van der Waals surface area contributed by atoms with E-state index in [9.17, 15) is 0 Å². The lowest BCUT2D eigenvalue weighted by atomic mass is 9.72. The highest BCUT2D eigenvalue weighted by Gasteiger charge is 2.22. The van der Waals surface area contributed by atoms with Gasteiger partial charge in [0.25, 0.3) is 0 Å². The third-order valence-electron chi connectivity index (χ3n) is 3.10. The van der Waals surface area contributed by atoms with E-state index in [1.54, 1.807) is 0 Å². The molecule has 1 aliphatic rings. The quantitative estimate of drug-likeness (QED) is 0.530. The molecule has 0 aromatic rings. The summed E-state index contributed by atoms with van der Waals surface area (Å²) in [5.41, 5.74) is 0. The molecule has 0 aromatic carbocycles. The zero-order valence-corrected chi connectivity index (χ0v) is 7.84. The largest absolute Gasteiger partial charge is 0.0859 e. The lowest BCUT2D eigenvalue weighted by Crippen LogP contribution is -2.19. The second-order valence-corrected chi connectivity index (χ2v) is 4.27. The summed E-state index contributed by atoms with van der Waals surface area (Å²) in [6.07, 6.45) is 6.51. The van der Waals surface area contributed by atoms with Gasteiger partial charge in [-0.3, -0.25) is 0 Å². The first-order valence-corrected chi connectivity index (χ1v) is 4.94. The number of hydrogen-bond donors (Lipinski definition) is 0. The van der Waals surface area contributed by atoms with Crippen LogP contribution in [-0.2, 0) is 0 Å². The Labute approximate surface area is 72.2 Å². The maximum atomic E-state index is 5.67. The van der Waals surface area contributed by atoms with E-state index in [1.807, 2.05) is 0 Å². The van der Waals surface area contributed by atoms with Crippen LogP contribution in [0.2, 0.25) is 6.32 Å². The van der Waals surface area contributed by atoms with Gasteiger partial charge < -0.3 is 0 Å². The second-order valence-electron chi connectivity index (χ2n) is 4.27. The molecule has 0 nitrogen and oxygen atoms in total. The predicted molar refractivity (Wildman–Crippen MR) is 50.8 cm³/mol. The van der Waals surface area contributed by atoms with Gasteiger partial charge in [-0.2, -0.15) is 0 Å². The lowest BCUT2D eigenvalue weighted by Gasteiger charge is -2.31. The first kappa shape index (κ1) is 9.16. The Morgan fingerprint density at radius 2 is 2.09 bits per heavy atom. The van der Waals surface area contributed by atoms with Crippen LogP contribution in [0.5, 0.6) is 0 Å². The van der Waals surface area contributed by atoms with Gasteiger partial charge in [0.1, 0.15) is 0 Å². The zero-order valence-electron chi connectivity index (χ0n) is 7.84. The topological polar surface area (TPSA) is 0 Å². The molecule has 0 aromatic heterocycles. The number of rotatable bonds is 2. The first-order chi connectivity index (χ1) is 5.24. The fourth-order valence-electron chi connectivity index (χ4n) is 2.15. The van der Waals surface area contributed by atoms with E-state index >= 15 is 0 Å². The van der Waals surface area contributed by atoms with E-state index < -0.39 is 0 Å². The fraction of sp³-hybridized carbons (Fsp3) is 1.00. The monoisotopic (exact) mass is 150 g/mol. The summed E-state index contributed by atoms with van der Waals surface area (Å²) in [5, 5.41) is 0. The van der Waals surface area contributed by atoms with Crippen molar-refractivity contribution in [1.82, 2.24) is 0 Å². The summed E-state index contributed by atoms with van der Waals surface area (Å²) >= 11 is 0. The van der Waals surface area contributed by atoms with Gasteiger partial charge in [0, 0.05) is 0 Å². The Morgan fingerprint density at radius 1 is 1.36 bits per heavy atom. The van der Waals surface area contributed by atoms with Crippen LogP contribution in [-0.4, -0.2) is 7.85 Å². The van der Waals surface area contributed by atoms with Crippen molar-refractivity contribution < 1.29 is 0 Å².